The quantitative estimate of drug-likeness (QED) is 0.124. The molecule has 0 saturated carbocycles. The van der Waals surface area contributed by atoms with Gasteiger partial charge in [-0.3, -0.25) is 0 Å². The van der Waals surface area contributed by atoms with Gasteiger partial charge in [-0.15, -0.1) is 0 Å². The first-order chi connectivity index (χ1) is 60.0. The normalized spacial score (nSPS) is 13.6. The van der Waals surface area contributed by atoms with Gasteiger partial charge in [0.2, 0.25) is 0 Å². The Kier molecular flexibility index (Phi) is 13.1. The van der Waals surface area contributed by atoms with E-state index in [4.69, 9.17) is 4.42 Å². The molecule has 23 aromatic carbocycles. The molecule has 0 atom stereocenters. The van der Waals surface area contributed by atoms with Crippen LogP contribution in [0, 0.1) is 0 Å². The van der Waals surface area contributed by atoms with Crippen molar-refractivity contribution in [3.8, 4) is 100 Å². The zero-order valence-electron chi connectivity index (χ0n) is 65.7. The van der Waals surface area contributed by atoms with Crippen LogP contribution in [0.1, 0.15) is 44.5 Å². The molecule has 554 valence electrons. The third-order valence-electron chi connectivity index (χ3n) is 28.5. The molecule has 0 aliphatic heterocycles. The highest BCUT2D eigenvalue weighted by Gasteiger charge is 2.55. The molecular formula is C120H68O. The molecule has 28 rings (SSSR count). The van der Waals surface area contributed by atoms with Crippen molar-refractivity contribution in [3.05, 3.63) is 457 Å². The lowest BCUT2D eigenvalue weighted by Crippen LogP contribution is -2.26. The Morgan fingerprint density at radius 1 is 0.140 bits per heavy atom. The van der Waals surface area contributed by atoms with Gasteiger partial charge in [0.05, 0.1) is 10.8 Å². The van der Waals surface area contributed by atoms with E-state index in [2.05, 4.69) is 413 Å². The monoisotopic (exact) mass is 1520 g/mol. The third kappa shape index (κ3) is 8.58. The van der Waals surface area contributed by atoms with Crippen LogP contribution in [-0.4, -0.2) is 0 Å². The van der Waals surface area contributed by atoms with Crippen molar-refractivity contribution in [1.82, 2.24) is 0 Å². The lowest BCUT2D eigenvalue weighted by atomic mass is 9.68. The van der Waals surface area contributed by atoms with E-state index in [1.165, 1.54) is 225 Å². The van der Waals surface area contributed by atoms with Crippen molar-refractivity contribution in [2.24, 2.45) is 0 Å². The number of hydrogen-bond donors (Lipinski definition) is 0. The van der Waals surface area contributed by atoms with Crippen molar-refractivity contribution >= 4 is 130 Å². The standard InChI is InChI=1S/C120H68O/c1-2-25-71-68-109-104(65-70(71)24-1)115-92-40-10-8-33-85(92)100-62-72(49-56-96(100)117(115)119(109)105-43-18-13-34-86(105)87-35-14-19-44-106(87)119)69-27-23-28-78(60-69)112-93-41-11-12-42-94(93)113(79-53-59-111-102(67-79)90-38-17-22-47-110(90)121-111)103-64-74(48-55-95(103)112)73-50-57-97-101(63-73)84-32-7-9-39-91(84)114-98-58-52-76-61-77(99-66-75-26-3-4-29-80(75)82-30-5-6-31-83(82)99)51-54-81(76)116(98)120(118(97)114)107-45-20-15-36-88(107)89-37-16-21-46-108(89)120/h1-68H. The first kappa shape index (κ1) is 65.6. The van der Waals surface area contributed by atoms with E-state index in [9.17, 15) is 0 Å². The minimum absolute atomic E-state index is 0.549. The zero-order valence-corrected chi connectivity index (χ0v) is 65.7. The smallest absolute Gasteiger partial charge is 0.135 e. The van der Waals surface area contributed by atoms with Crippen LogP contribution in [0.25, 0.3) is 230 Å². The summed E-state index contributed by atoms with van der Waals surface area (Å²) in [5.74, 6) is 0. The lowest BCUT2D eigenvalue weighted by Gasteiger charge is -2.32. The second-order valence-corrected chi connectivity index (χ2v) is 34.1. The van der Waals surface area contributed by atoms with E-state index >= 15 is 0 Å². The van der Waals surface area contributed by atoms with E-state index in [0.29, 0.717) is 0 Å². The molecule has 0 N–H and O–H groups in total. The predicted molar refractivity (Wildman–Crippen MR) is 509 cm³/mol. The van der Waals surface area contributed by atoms with Gasteiger partial charge >= 0.3 is 0 Å². The van der Waals surface area contributed by atoms with E-state index in [-0.39, 0.29) is 0 Å². The van der Waals surface area contributed by atoms with Crippen LogP contribution in [0.15, 0.2) is 417 Å². The van der Waals surface area contributed by atoms with E-state index in [1.807, 2.05) is 0 Å². The highest BCUT2D eigenvalue weighted by Crippen LogP contribution is 2.69. The molecule has 0 unspecified atom stereocenters. The number of furan rings is 1. The molecule has 2 spiro atoms. The average Bonchev–Trinajstić information content (AvgIpc) is 1.50. The number of fused-ring (bicyclic) bond motifs is 41. The number of hydrogen-bond acceptors (Lipinski definition) is 1. The highest BCUT2D eigenvalue weighted by molar-refractivity contribution is 6.27. The van der Waals surface area contributed by atoms with E-state index < -0.39 is 10.8 Å². The molecule has 0 fully saturated rings. The summed E-state index contributed by atoms with van der Waals surface area (Å²) in [7, 11) is 0. The molecular weight excluding hydrogens is 1460 g/mol. The van der Waals surface area contributed by atoms with E-state index in [0.717, 1.165) is 49.8 Å². The van der Waals surface area contributed by atoms with E-state index in [1.54, 1.807) is 0 Å². The Bertz CT molecular complexity index is 8770. The summed E-state index contributed by atoms with van der Waals surface area (Å²) in [6, 6.07) is 158. The molecule has 0 saturated heterocycles. The van der Waals surface area contributed by atoms with Crippen LogP contribution in [0.4, 0.5) is 0 Å². The van der Waals surface area contributed by atoms with Gasteiger partial charge in [0.1, 0.15) is 11.2 Å². The van der Waals surface area contributed by atoms with Crippen molar-refractivity contribution in [2.75, 3.05) is 0 Å². The fourth-order valence-electron chi connectivity index (χ4n) is 23.8. The molecule has 4 aliphatic rings. The SMILES string of the molecule is c1cc(-c2ccc3c4c(c5ccccc5c3c2)-c2cc3ccccc3cc2C42c3ccccc3-c3ccccc32)cc(-c2c3ccccc3c(-c3ccc4oc5ccccc5c4c3)c3cc(-c4ccc5c6c(c7ccccc7c5c4)-c4ccc5cc(-c7cc8ccccc8c8ccccc78)ccc5c4C64c5ccccc5-c5ccccc54)ccc23)c1. The molecule has 24 aromatic rings. The lowest BCUT2D eigenvalue weighted by molar-refractivity contribution is 0.669. The largest absolute Gasteiger partial charge is 0.456 e. The summed E-state index contributed by atoms with van der Waals surface area (Å²) < 4.78 is 6.60. The minimum Gasteiger partial charge on any atom is -0.456 e. The average molecular weight is 1530 g/mol. The highest BCUT2D eigenvalue weighted by atomic mass is 16.3. The Hall–Kier alpha value is -15.5. The Labute approximate surface area is 697 Å². The zero-order chi connectivity index (χ0) is 78.7. The van der Waals surface area contributed by atoms with Gasteiger partial charge in [-0.05, 0) is 319 Å². The topological polar surface area (TPSA) is 13.1 Å². The summed E-state index contributed by atoms with van der Waals surface area (Å²) in [6.45, 7) is 0. The minimum atomic E-state index is -0.655. The van der Waals surface area contributed by atoms with Crippen LogP contribution in [0.3, 0.4) is 0 Å². The maximum Gasteiger partial charge on any atom is 0.135 e. The van der Waals surface area contributed by atoms with Crippen LogP contribution in [0.2, 0.25) is 0 Å². The second kappa shape index (κ2) is 24.1. The summed E-state index contributed by atoms with van der Waals surface area (Å²) in [5.41, 5.74) is 33.6. The predicted octanol–water partition coefficient (Wildman–Crippen LogP) is 32.1. The van der Waals surface area contributed by atoms with Gasteiger partial charge in [-0.1, -0.05) is 346 Å². The second-order valence-electron chi connectivity index (χ2n) is 34.1. The summed E-state index contributed by atoms with van der Waals surface area (Å²) in [6.07, 6.45) is 0. The van der Waals surface area contributed by atoms with Crippen molar-refractivity contribution in [1.29, 1.82) is 0 Å². The van der Waals surface area contributed by atoms with Crippen LogP contribution >= 0.6 is 0 Å². The van der Waals surface area contributed by atoms with Gasteiger partial charge in [-0.25, -0.2) is 0 Å². The molecule has 0 bridgehead atoms. The maximum atomic E-state index is 6.60. The molecule has 0 amide bonds. The van der Waals surface area contributed by atoms with Crippen LogP contribution in [-0.2, 0) is 10.8 Å². The fourth-order valence-corrected chi connectivity index (χ4v) is 23.8. The molecule has 121 heavy (non-hydrogen) atoms. The first-order valence-corrected chi connectivity index (χ1v) is 42.4. The molecule has 4 aliphatic carbocycles. The first-order valence-electron chi connectivity index (χ1n) is 42.4. The van der Waals surface area contributed by atoms with Crippen molar-refractivity contribution in [3.63, 3.8) is 0 Å². The third-order valence-corrected chi connectivity index (χ3v) is 28.5. The Balaban J connectivity index is 0.649. The van der Waals surface area contributed by atoms with Crippen molar-refractivity contribution < 1.29 is 4.42 Å². The van der Waals surface area contributed by atoms with Gasteiger partial charge in [0.15, 0.2) is 0 Å². The molecule has 0 radical (unpaired) electrons. The maximum absolute atomic E-state index is 6.60. The molecule has 1 aromatic heterocycles. The summed E-state index contributed by atoms with van der Waals surface area (Å²) in [4.78, 5) is 0. The summed E-state index contributed by atoms with van der Waals surface area (Å²) in [5, 5.41) is 27.1. The summed E-state index contributed by atoms with van der Waals surface area (Å²) >= 11 is 0. The molecule has 1 heteroatoms. The Morgan fingerprint density at radius 2 is 0.529 bits per heavy atom. The van der Waals surface area contributed by atoms with Crippen LogP contribution in [0.5, 0.6) is 0 Å². The van der Waals surface area contributed by atoms with Gasteiger partial charge < -0.3 is 4.42 Å². The van der Waals surface area contributed by atoms with Crippen LogP contribution < -0.4 is 0 Å². The molecule has 1 nitrogen and oxygen atoms in total. The number of para-hydroxylation sites is 1. The van der Waals surface area contributed by atoms with Gasteiger partial charge in [0, 0.05) is 10.8 Å². The molecule has 1 heterocycles. The number of benzene rings is 23. The Morgan fingerprint density at radius 3 is 1.16 bits per heavy atom. The van der Waals surface area contributed by atoms with Gasteiger partial charge in [-0.2, -0.15) is 0 Å². The van der Waals surface area contributed by atoms with Gasteiger partial charge in [0.25, 0.3) is 0 Å². The number of rotatable bonds is 5. The fraction of sp³-hybridized carbons (Fsp3) is 0.0167. The van der Waals surface area contributed by atoms with Crippen molar-refractivity contribution in [2.45, 2.75) is 10.8 Å².